The maximum Gasteiger partial charge on any atom is 0.243 e. The van der Waals surface area contributed by atoms with E-state index >= 15 is 0 Å². The summed E-state index contributed by atoms with van der Waals surface area (Å²) in [6.45, 7) is 1.39. The summed E-state index contributed by atoms with van der Waals surface area (Å²) < 4.78 is 0. The zero-order valence-electron chi connectivity index (χ0n) is 14.0. The normalized spacial score (nSPS) is 10.8. The Hall–Kier alpha value is -1.75. The molecule has 0 heterocycles. The highest BCUT2D eigenvalue weighted by atomic mass is 35.5. The summed E-state index contributed by atoms with van der Waals surface area (Å²) in [7, 11) is 3.81. The fourth-order valence-electron chi connectivity index (χ4n) is 2.26. The van der Waals surface area contributed by atoms with Gasteiger partial charge in [-0.1, -0.05) is 48.5 Å². The Morgan fingerprint density at radius 3 is 1.96 bits per heavy atom. The van der Waals surface area contributed by atoms with Crippen LogP contribution in [0.15, 0.2) is 60.7 Å². The summed E-state index contributed by atoms with van der Waals surface area (Å²) in [5.74, 6) is -0.0624. The summed E-state index contributed by atoms with van der Waals surface area (Å²) in [5, 5.41) is 0. The third-order valence-electron chi connectivity index (χ3n) is 3.77. The lowest BCUT2D eigenvalue weighted by atomic mass is 10.1. The van der Waals surface area contributed by atoms with Gasteiger partial charge in [-0.05, 0) is 17.7 Å². The molecular weight excluding hydrogens is 345 g/mol. The zero-order valence-corrected chi connectivity index (χ0v) is 15.6. The van der Waals surface area contributed by atoms with Crippen molar-refractivity contribution in [3.05, 3.63) is 66.2 Å². The van der Waals surface area contributed by atoms with Crippen LogP contribution in [0.25, 0.3) is 0 Å². The number of likely N-dealkylation sites (N-methyl/N-ethyl adjacent to an activating group) is 2. The average Bonchev–Trinajstić information content (AvgIpc) is 2.59. The van der Waals surface area contributed by atoms with Gasteiger partial charge in [-0.15, -0.1) is 24.8 Å². The lowest BCUT2D eigenvalue weighted by molar-refractivity contribution is -0.131. The number of anilines is 1. The number of nitrogens with zero attached hydrogens (tertiary/aromatic N) is 2. The molecule has 132 valence electrons. The van der Waals surface area contributed by atoms with E-state index in [0.29, 0.717) is 6.54 Å². The highest BCUT2D eigenvalue weighted by Crippen LogP contribution is 2.13. The summed E-state index contributed by atoms with van der Waals surface area (Å²) in [5.41, 5.74) is 8.03. The number of rotatable bonds is 6. The quantitative estimate of drug-likeness (QED) is 0.850. The van der Waals surface area contributed by atoms with Crippen molar-refractivity contribution in [1.82, 2.24) is 4.90 Å². The van der Waals surface area contributed by atoms with Crippen molar-refractivity contribution >= 4 is 36.4 Å². The maximum absolute atomic E-state index is 12.4. The predicted molar refractivity (Wildman–Crippen MR) is 105 cm³/mol. The summed E-state index contributed by atoms with van der Waals surface area (Å²) in [6.07, 6.45) is 0. The van der Waals surface area contributed by atoms with E-state index in [-0.39, 0.29) is 30.7 Å². The van der Waals surface area contributed by atoms with E-state index in [9.17, 15) is 4.79 Å². The monoisotopic (exact) mass is 369 g/mol. The van der Waals surface area contributed by atoms with Gasteiger partial charge in [0.15, 0.2) is 0 Å². The summed E-state index contributed by atoms with van der Waals surface area (Å²) >= 11 is 0. The standard InChI is InChI=1S/C18H23N3O.2ClH/c1-20(16-11-7-4-8-12-16)13-14-21(2)18(22)17(19)15-9-5-3-6-10-15;;/h3-12,17H,13-14,19H2,1-2H3;2*1H. The zero-order chi connectivity index (χ0) is 15.9. The average molecular weight is 370 g/mol. The van der Waals surface area contributed by atoms with Crippen LogP contribution in [0.1, 0.15) is 11.6 Å². The van der Waals surface area contributed by atoms with Crippen LogP contribution >= 0.6 is 24.8 Å². The van der Waals surface area contributed by atoms with Gasteiger partial charge in [-0.2, -0.15) is 0 Å². The molecule has 0 saturated heterocycles. The van der Waals surface area contributed by atoms with E-state index in [1.54, 1.807) is 11.9 Å². The number of amides is 1. The fourth-order valence-corrected chi connectivity index (χ4v) is 2.26. The molecule has 0 bridgehead atoms. The van der Waals surface area contributed by atoms with Crippen LogP contribution in [-0.4, -0.2) is 38.0 Å². The molecule has 4 nitrogen and oxygen atoms in total. The van der Waals surface area contributed by atoms with Crippen molar-refractivity contribution in [2.75, 3.05) is 32.1 Å². The Bertz CT molecular complexity index is 596. The molecule has 1 unspecified atom stereocenters. The smallest absolute Gasteiger partial charge is 0.243 e. The molecule has 6 heteroatoms. The molecule has 0 radical (unpaired) electrons. The van der Waals surface area contributed by atoms with Gasteiger partial charge >= 0.3 is 0 Å². The van der Waals surface area contributed by atoms with Crippen LogP contribution in [0.2, 0.25) is 0 Å². The van der Waals surface area contributed by atoms with Gasteiger partial charge in [0.25, 0.3) is 0 Å². The van der Waals surface area contributed by atoms with Crippen LogP contribution in [0.5, 0.6) is 0 Å². The molecular formula is C18H25Cl2N3O. The molecule has 0 fully saturated rings. The summed E-state index contributed by atoms with van der Waals surface area (Å²) in [6, 6.07) is 19.0. The van der Waals surface area contributed by atoms with E-state index in [1.165, 1.54) is 0 Å². The number of halogens is 2. The molecule has 2 rings (SSSR count). The van der Waals surface area contributed by atoms with Gasteiger partial charge in [0.2, 0.25) is 5.91 Å². The van der Waals surface area contributed by atoms with Crippen LogP contribution < -0.4 is 10.6 Å². The minimum absolute atomic E-state index is 0. The van der Waals surface area contributed by atoms with Crippen LogP contribution in [0.3, 0.4) is 0 Å². The molecule has 0 aliphatic rings. The van der Waals surface area contributed by atoms with Crippen LogP contribution in [0.4, 0.5) is 5.69 Å². The molecule has 0 saturated carbocycles. The summed E-state index contributed by atoms with van der Waals surface area (Å²) in [4.78, 5) is 16.2. The lowest BCUT2D eigenvalue weighted by Crippen LogP contribution is -2.40. The van der Waals surface area contributed by atoms with Crippen LogP contribution in [-0.2, 0) is 4.79 Å². The highest BCUT2D eigenvalue weighted by Gasteiger charge is 2.19. The molecule has 0 aliphatic heterocycles. The third kappa shape index (κ3) is 6.04. The van der Waals surface area contributed by atoms with Crippen molar-refractivity contribution < 1.29 is 4.79 Å². The molecule has 2 N–H and O–H groups in total. The topological polar surface area (TPSA) is 49.6 Å². The van der Waals surface area contributed by atoms with E-state index in [2.05, 4.69) is 17.0 Å². The number of carbonyl (C=O) groups excluding carboxylic acids is 1. The number of hydrogen-bond acceptors (Lipinski definition) is 3. The highest BCUT2D eigenvalue weighted by molar-refractivity contribution is 5.85. The van der Waals surface area contributed by atoms with Gasteiger partial charge in [-0.25, -0.2) is 0 Å². The predicted octanol–water partition coefficient (Wildman–Crippen LogP) is 3.12. The Balaban J connectivity index is 0.00000264. The van der Waals surface area contributed by atoms with E-state index < -0.39 is 6.04 Å². The molecule has 1 amide bonds. The molecule has 2 aromatic carbocycles. The van der Waals surface area contributed by atoms with E-state index in [0.717, 1.165) is 17.8 Å². The number of benzene rings is 2. The van der Waals surface area contributed by atoms with Gasteiger partial charge < -0.3 is 15.5 Å². The van der Waals surface area contributed by atoms with Gasteiger partial charge in [0.1, 0.15) is 6.04 Å². The molecule has 24 heavy (non-hydrogen) atoms. The maximum atomic E-state index is 12.4. The van der Waals surface area contributed by atoms with Crippen LogP contribution in [0, 0.1) is 0 Å². The number of nitrogens with two attached hydrogens (primary N) is 1. The SMILES string of the molecule is CN(CCN(C)c1ccccc1)C(=O)C(N)c1ccccc1.Cl.Cl. The first kappa shape index (κ1) is 22.2. The first-order valence-electron chi connectivity index (χ1n) is 7.41. The second-order valence-corrected chi connectivity index (χ2v) is 5.41. The Labute approximate surface area is 156 Å². The number of para-hydroxylation sites is 1. The lowest BCUT2D eigenvalue weighted by Gasteiger charge is -2.25. The fraction of sp³-hybridized carbons (Fsp3) is 0.278. The van der Waals surface area contributed by atoms with Gasteiger partial charge in [-0.3, -0.25) is 4.79 Å². The van der Waals surface area contributed by atoms with Crippen molar-refractivity contribution in [3.8, 4) is 0 Å². The van der Waals surface area contributed by atoms with Gasteiger partial charge in [0.05, 0.1) is 0 Å². The second kappa shape index (κ2) is 10.9. The Kier molecular flexibility index (Phi) is 10.1. The van der Waals surface area contributed by atoms with Crippen molar-refractivity contribution in [2.24, 2.45) is 5.73 Å². The van der Waals surface area contributed by atoms with E-state index in [1.807, 2.05) is 55.6 Å². The molecule has 2 aromatic rings. The van der Waals surface area contributed by atoms with E-state index in [4.69, 9.17) is 5.73 Å². The second-order valence-electron chi connectivity index (χ2n) is 5.41. The molecule has 1 atom stereocenters. The Morgan fingerprint density at radius 2 is 1.42 bits per heavy atom. The van der Waals surface area contributed by atoms with Gasteiger partial charge in [0, 0.05) is 32.9 Å². The number of hydrogen-bond donors (Lipinski definition) is 1. The van der Waals surface area contributed by atoms with Crippen molar-refractivity contribution in [2.45, 2.75) is 6.04 Å². The molecule has 0 aliphatic carbocycles. The first-order valence-corrected chi connectivity index (χ1v) is 7.41. The molecule has 0 aromatic heterocycles. The number of carbonyl (C=O) groups is 1. The largest absolute Gasteiger partial charge is 0.373 e. The third-order valence-corrected chi connectivity index (χ3v) is 3.77. The minimum Gasteiger partial charge on any atom is -0.373 e. The van der Waals surface area contributed by atoms with Crippen molar-refractivity contribution in [1.29, 1.82) is 0 Å². The van der Waals surface area contributed by atoms with Crippen molar-refractivity contribution in [3.63, 3.8) is 0 Å². The Morgan fingerprint density at radius 1 is 0.917 bits per heavy atom. The first-order chi connectivity index (χ1) is 10.6. The molecule has 0 spiro atoms. The minimum atomic E-state index is -0.603.